The second-order valence-corrected chi connectivity index (χ2v) is 14.3. The maximum absolute atomic E-state index is 12.3. The van der Waals surface area contributed by atoms with Gasteiger partial charge in [0.05, 0.1) is 36.3 Å². The van der Waals surface area contributed by atoms with E-state index in [4.69, 9.17) is 9.47 Å². The third-order valence-corrected chi connectivity index (χ3v) is 11.2. The summed E-state index contributed by atoms with van der Waals surface area (Å²) in [7, 11) is -0.805. The number of hydrogen-bond acceptors (Lipinski definition) is 7. The SMILES string of the molecule is CCCCCC[C@H](CC[n+]1c(/C=C(/C=C2\Sc3ccc(OC)cc3N2CC)CC)sc2ccc(OC)cc21)S(=O)(=O)O. The van der Waals surface area contributed by atoms with Crippen LogP contribution in [0.15, 0.2) is 58.0 Å². The van der Waals surface area contributed by atoms with Crippen molar-refractivity contribution in [2.75, 3.05) is 25.7 Å². The number of ether oxygens (including phenoxy) is 2. The van der Waals surface area contributed by atoms with Crippen LogP contribution < -0.4 is 18.9 Å². The standard InChI is InChI=1S/C32H42N2O5S3/c1-6-9-10-11-12-26(42(35,36)37)17-18-34-28-22-25(39-5)14-16-30(28)41-32(34)20-23(7-2)19-31-33(8-3)27-21-24(38-4)13-15-29(27)40-31/h13-16,19-22,26H,6-12,17-18H2,1-5H3/p+1/t26-/m1/s1. The summed E-state index contributed by atoms with van der Waals surface area (Å²) < 4.78 is 48.9. The van der Waals surface area contributed by atoms with Gasteiger partial charge in [-0.2, -0.15) is 13.0 Å². The predicted molar refractivity (Wildman–Crippen MR) is 176 cm³/mol. The molecule has 1 aliphatic rings. The molecule has 0 amide bonds. The zero-order valence-corrected chi connectivity index (χ0v) is 27.7. The number of nitrogens with zero attached hydrogens (tertiary/aromatic N) is 2. The molecule has 0 fully saturated rings. The zero-order chi connectivity index (χ0) is 30.3. The number of rotatable bonds is 15. The Morgan fingerprint density at radius 1 is 1.02 bits per heavy atom. The van der Waals surface area contributed by atoms with Gasteiger partial charge in [-0.25, -0.2) is 0 Å². The molecule has 0 spiro atoms. The molecule has 0 saturated carbocycles. The topological polar surface area (TPSA) is 80.0 Å². The van der Waals surface area contributed by atoms with Crippen LogP contribution in [0.1, 0.15) is 70.7 Å². The van der Waals surface area contributed by atoms with E-state index in [9.17, 15) is 13.0 Å². The Bertz CT molecular complexity index is 1540. The van der Waals surface area contributed by atoms with Crippen molar-refractivity contribution < 1.29 is 27.0 Å². The van der Waals surface area contributed by atoms with E-state index in [0.29, 0.717) is 19.4 Å². The van der Waals surface area contributed by atoms with E-state index < -0.39 is 15.4 Å². The molecule has 0 saturated heterocycles. The van der Waals surface area contributed by atoms with Gasteiger partial charge in [-0.1, -0.05) is 62.6 Å². The first-order valence-corrected chi connectivity index (χ1v) is 17.9. The number of aryl methyl sites for hydroxylation is 1. The van der Waals surface area contributed by atoms with E-state index >= 15 is 0 Å². The van der Waals surface area contributed by atoms with Crippen LogP contribution in [0.5, 0.6) is 11.5 Å². The number of anilines is 1. The molecule has 1 N–H and O–H groups in total. The Morgan fingerprint density at radius 3 is 2.43 bits per heavy atom. The summed E-state index contributed by atoms with van der Waals surface area (Å²) >= 11 is 3.44. The maximum atomic E-state index is 12.3. The molecule has 0 radical (unpaired) electrons. The molecular weight excluding hydrogens is 589 g/mol. The fraction of sp³-hybridized carbons (Fsp3) is 0.469. The van der Waals surface area contributed by atoms with Gasteiger partial charge in [0, 0.05) is 30.0 Å². The lowest BCUT2D eigenvalue weighted by molar-refractivity contribution is -0.669. The fourth-order valence-electron chi connectivity index (χ4n) is 5.26. The smallest absolute Gasteiger partial charge is 0.268 e. The van der Waals surface area contributed by atoms with Gasteiger partial charge in [-0.3, -0.25) is 4.55 Å². The minimum Gasteiger partial charge on any atom is -0.497 e. The molecule has 0 aliphatic carbocycles. The minimum atomic E-state index is -4.14. The van der Waals surface area contributed by atoms with Crippen molar-refractivity contribution in [3.63, 3.8) is 0 Å². The maximum Gasteiger partial charge on any atom is 0.268 e. The van der Waals surface area contributed by atoms with Gasteiger partial charge >= 0.3 is 0 Å². The van der Waals surface area contributed by atoms with Crippen LogP contribution in [0.25, 0.3) is 16.3 Å². The molecule has 228 valence electrons. The van der Waals surface area contributed by atoms with E-state index in [2.05, 4.69) is 60.6 Å². The Kier molecular flexibility index (Phi) is 11.4. The van der Waals surface area contributed by atoms with Crippen LogP contribution in [-0.4, -0.2) is 39.0 Å². The third kappa shape index (κ3) is 7.70. The number of benzene rings is 2. The number of allylic oxidation sites excluding steroid dienone is 2. The molecule has 2 aromatic carbocycles. The molecule has 1 aromatic heterocycles. The summed E-state index contributed by atoms with van der Waals surface area (Å²) in [4.78, 5) is 3.52. The second-order valence-electron chi connectivity index (χ2n) is 10.4. The minimum absolute atomic E-state index is 0.346. The van der Waals surface area contributed by atoms with Gasteiger partial charge in [0.2, 0.25) is 5.52 Å². The number of fused-ring (bicyclic) bond motifs is 2. The molecule has 4 rings (SSSR count). The van der Waals surface area contributed by atoms with Crippen molar-refractivity contribution in [1.82, 2.24) is 0 Å². The van der Waals surface area contributed by atoms with Crippen molar-refractivity contribution in [1.29, 1.82) is 0 Å². The summed E-state index contributed by atoms with van der Waals surface area (Å²) in [6.45, 7) is 7.75. The van der Waals surface area contributed by atoms with Crippen LogP contribution in [0.4, 0.5) is 5.69 Å². The molecule has 0 unspecified atom stereocenters. The number of hydrogen-bond donors (Lipinski definition) is 1. The first kappa shape index (κ1) is 32.4. The lowest BCUT2D eigenvalue weighted by Gasteiger charge is -2.18. The van der Waals surface area contributed by atoms with E-state index in [1.165, 1.54) is 15.5 Å². The second kappa shape index (κ2) is 14.8. The van der Waals surface area contributed by atoms with Gasteiger partial charge in [-0.05, 0) is 55.7 Å². The van der Waals surface area contributed by atoms with E-state index in [0.717, 1.165) is 71.1 Å². The zero-order valence-electron chi connectivity index (χ0n) is 25.3. The van der Waals surface area contributed by atoms with Crippen LogP contribution in [-0.2, 0) is 16.7 Å². The largest absolute Gasteiger partial charge is 0.497 e. The number of unbranched alkanes of at least 4 members (excludes halogenated alkanes) is 3. The lowest BCUT2D eigenvalue weighted by atomic mass is 10.1. The highest BCUT2D eigenvalue weighted by Crippen LogP contribution is 2.47. The summed E-state index contributed by atoms with van der Waals surface area (Å²) in [5, 5.41) is 1.43. The highest BCUT2D eigenvalue weighted by Gasteiger charge is 2.28. The van der Waals surface area contributed by atoms with Gasteiger partial charge in [0.1, 0.15) is 16.2 Å². The van der Waals surface area contributed by atoms with Crippen molar-refractivity contribution in [2.45, 2.75) is 82.4 Å². The van der Waals surface area contributed by atoms with Gasteiger partial charge in [0.25, 0.3) is 15.1 Å². The molecule has 3 aromatic rings. The van der Waals surface area contributed by atoms with E-state index in [-0.39, 0.29) is 0 Å². The van der Waals surface area contributed by atoms with Crippen molar-refractivity contribution in [2.24, 2.45) is 0 Å². The molecule has 1 aliphatic heterocycles. The highest BCUT2D eigenvalue weighted by molar-refractivity contribution is 8.03. The van der Waals surface area contributed by atoms with E-state index in [1.54, 1.807) is 37.3 Å². The van der Waals surface area contributed by atoms with Gasteiger partial charge in [-0.15, -0.1) is 0 Å². The van der Waals surface area contributed by atoms with Gasteiger partial charge in [0.15, 0.2) is 6.54 Å². The molecular formula is C32H43N2O5S3+. The summed E-state index contributed by atoms with van der Waals surface area (Å²) in [5.41, 5.74) is 3.33. The molecule has 1 atom stereocenters. The number of thioether (sulfide) groups is 1. The Morgan fingerprint density at radius 2 is 1.76 bits per heavy atom. The summed E-state index contributed by atoms with van der Waals surface area (Å²) in [6.07, 6.45) is 10.0. The van der Waals surface area contributed by atoms with E-state index in [1.807, 2.05) is 18.2 Å². The van der Waals surface area contributed by atoms with Crippen LogP contribution in [0.2, 0.25) is 0 Å². The summed E-state index contributed by atoms with van der Waals surface area (Å²) in [6, 6.07) is 12.2. The van der Waals surface area contributed by atoms with Crippen LogP contribution >= 0.6 is 23.1 Å². The first-order valence-electron chi connectivity index (χ1n) is 14.7. The number of thiazole rings is 1. The monoisotopic (exact) mass is 631 g/mol. The quantitative estimate of drug-likeness (QED) is 0.103. The molecule has 0 bridgehead atoms. The average Bonchev–Trinajstić information content (AvgIpc) is 3.50. The Balaban J connectivity index is 1.69. The average molecular weight is 632 g/mol. The van der Waals surface area contributed by atoms with Crippen LogP contribution in [0, 0.1) is 0 Å². The van der Waals surface area contributed by atoms with Gasteiger partial charge < -0.3 is 14.4 Å². The highest BCUT2D eigenvalue weighted by atomic mass is 32.2. The first-order chi connectivity index (χ1) is 20.2. The fourth-order valence-corrected chi connectivity index (χ4v) is 8.46. The Labute approximate surface area is 259 Å². The third-order valence-electron chi connectivity index (χ3n) is 7.69. The van der Waals surface area contributed by atoms with Crippen molar-refractivity contribution in [3.05, 3.63) is 58.1 Å². The molecule has 10 heteroatoms. The molecule has 7 nitrogen and oxygen atoms in total. The Hall–Kier alpha value is -2.53. The number of aromatic nitrogens is 1. The lowest BCUT2D eigenvalue weighted by Crippen LogP contribution is -2.38. The normalized spacial score (nSPS) is 15.4. The van der Waals surface area contributed by atoms with Crippen molar-refractivity contribution >= 4 is 55.2 Å². The summed E-state index contributed by atoms with van der Waals surface area (Å²) in [5.74, 6) is 1.60. The van der Waals surface area contributed by atoms with Crippen LogP contribution in [0.3, 0.4) is 0 Å². The van der Waals surface area contributed by atoms with Crippen molar-refractivity contribution in [3.8, 4) is 11.5 Å². The predicted octanol–water partition coefficient (Wildman–Crippen LogP) is 8.09. The molecule has 42 heavy (non-hydrogen) atoms. The number of methoxy groups -OCH3 is 2. The molecule has 2 heterocycles.